The van der Waals surface area contributed by atoms with Crippen LogP contribution < -0.4 is 10.6 Å². The third kappa shape index (κ3) is 7.48. The Morgan fingerprint density at radius 3 is 2.67 bits per heavy atom. The SMILES string of the molecule is CCCC(CNC(=O)OC(C)(C)C)NC(C)c1ccsc1. The zero-order valence-corrected chi connectivity index (χ0v) is 14.5. The molecule has 1 rings (SSSR count). The normalized spacial score (nSPS) is 14.5. The van der Waals surface area contributed by atoms with Gasteiger partial charge >= 0.3 is 6.09 Å². The summed E-state index contributed by atoms with van der Waals surface area (Å²) in [7, 11) is 0. The fraction of sp³-hybridized carbons (Fsp3) is 0.688. The van der Waals surface area contributed by atoms with Crippen LogP contribution in [-0.4, -0.2) is 24.3 Å². The summed E-state index contributed by atoms with van der Waals surface area (Å²) < 4.78 is 5.27. The lowest BCUT2D eigenvalue weighted by molar-refractivity contribution is 0.0521. The maximum Gasteiger partial charge on any atom is 0.407 e. The van der Waals surface area contributed by atoms with Crippen LogP contribution in [-0.2, 0) is 4.74 Å². The molecule has 2 unspecified atom stereocenters. The van der Waals surface area contributed by atoms with Crippen LogP contribution in [0.2, 0.25) is 0 Å². The molecule has 5 heteroatoms. The van der Waals surface area contributed by atoms with Crippen LogP contribution >= 0.6 is 11.3 Å². The van der Waals surface area contributed by atoms with Gasteiger partial charge in [-0.05, 0) is 56.5 Å². The Hall–Kier alpha value is -1.07. The minimum atomic E-state index is -0.457. The van der Waals surface area contributed by atoms with E-state index < -0.39 is 5.60 Å². The summed E-state index contributed by atoms with van der Waals surface area (Å²) in [5.41, 5.74) is 0.834. The van der Waals surface area contributed by atoms with Crippen LogP contribution in [0.1, 0.15) is 59.1 Å². The molecule has 21 heavy (non-hydrogen) atoms. The van der Waals surface area contributed by atoms with Gasteiger partial charge in [-0.3, -0.25) is 0 Å². The second-order valence-corrected chi connectivity index (χ2v) is 7.09. The molecule has 0 fully saturated rings. The highest BCUT2D eigenvalue weighted by atomic mass is 32.1. The Morgan fingerprint density at radius 1 is 1.43 bits per heavy atom. The molecule has 1 aromatic rings. The van der Waals surface area contributed by atoms with Crippen molar-refractivity contribution in [2.45, 2.75) is 65.1 Å². The van der Waals surface area contributed by atoms with Gasteiger partial charge in [0, 0.05) is 18.6 Å². The third-order valence-corrected chi connectivity index (χ3v) is 3.76. The molecule has 0 aliphatic heterocycles. The van der Waals surface area contributed by atoms with Crippen LogP contribution in [0.15, 0.2) is 16.8 Å². The lowest BCUT2D eigenvalue weighted by atomic mass is 10.1. The zero-order valence-electron chi connectivity index (χ0n) is 13.7. The molecule has 0 saturated heterocycles. The van der Waals surface area contributed by atoms with E-state index >= 15 is 0 Å². The fourth-order valence-corrected chi connectivity index (χ4v) is 2.84. The van der Waals surface area contributed by atoms with Crippen molar-refractivity contribution in [2.75, 3.05) is 6.54 Å². The monoisotopic (exact) mass is 312 g/mol. The largest absolute Gasteiger partial charge is 0.444 e. The summed E-state index contributed by atoms with van der Waals surface area (Å²) in [4.78, 5) is 11.7. The van der Waals surface area contributed by atoms with Gasteiger partial charge in [-0.25, -0.2) is 4.79 Å². The van der Waals surface area contributed by atoms with E-state index in [9.17, 15) is 4.79 Å². The molecular weight excluding hydrogens is 284 g/mol. The van der Waals surface area contributed by atoms with E-state index in [0.29, 0.717) is 6.54 Å². The number of carbonyl (C=O) groups is 1. The first-order chi connectivity index (χ1) is 9.81. The predicted molar refractivity (Wildman–Crippen MR) is 88.8 cm³/mol. The van der Waals surface area contributed by atoms with Crippen molar-refractivity contribution in [3.8, 4) is 0 Å². The van der Waals surface area contributed by atoms with Crippen molar-refractivity contribution in [1.29, 1.82) is 0 Å². The molecule has 0 saturated carbocycles. The molecule has 2 N–H and O–H groups in total. The minimum absolute atomic E-state index is 0.248. The molecule has 1 heterocycles. The number of carbonyl (C=O) groups excluding carboxylic acids is 1. The highest BCUT2D eigenvalue weighted by Crippen LogP contribution is 2.17. The summed E-state index contributed by atoms with van der Waals surface area (Å²) in [6.45, 7) is 10.5. The summed E-state index contributed by atoms with van der Waals surface area (Å²) >= 11 is 1.70. The van der Waals surface area contributed by atoms with Gasteiger partial charge in [0.25, 0.3) is 0 Å². The second-order valence-electron chi connectivity index (χ2n) is 6.31. The summed E-state index contributed by atoms with van der Waals surface area (Å²) in [5.74, 6) is 0. The first kappa shape index (κ1) is 18.0. The van der Waals surface area contributed by atoms with E-state index in [-0.39, 0.29) is 18.2 Å². The van der Waals surface area contributed by atoms with Gasteiger partial charge in [-0.1, -0.05) is 13.3 Å². The van der Waals surface area contributed by atoms with Gasteiger partial charge in [0.2, 0.25) is 0 Å². The number of hydrogen-bond acceptors (Lipinski definition) is 4. The number of rotatable bonds is 7. The Morgan fingerprint density at radius 2 is 2.14 bits per heavy atom. The summed E-state index contributed by atoms with van der Waals surface area (Å²) in [6, 6.07) is 2.66. The van der Waals surface area contributed by atoms with Crippen LogP contribution in [0.4, 0.5) is 4.79 Å². The van der Waals surface area contributed by atoms with Crippen molar-refractivity contribution in [2.24, 2.45) is 0 Å². The quantitative estimate of drug-likeness (QED) is 0.797. The molecule has 1 aromatic heterocycles. The van der Waals surface area contributed by atoms with Crippen molar-refractivity contribution >= 4 is 17.4 Å². The third-order valence-electron chi connectivity index (χ3n) is 3.06. The summed E-state index contributed by atoms with van der Waals surface area (Å²) in [5, 5.41) is 10.7. The lowest BCUT2D eigenvalue weighted by Crippen LogP contribution is -2.43. The standard InChI is InChI=1S/C16H28N2O2S/c1-6-7-14(10-17-15(19)20-16(3,4)5)18-12(2)13-8-9-21-11-13/h8-9,11-12,14,18H,6-7,10H2,1-5H3,(H,17,19). The van der Waals surface area contributed by atoms with Crippen LogP contribution in [0, 0.1) is 0 Å². The Balaban J connectivity index is 2.44. The number of nitrogens with one attached hydrogen (secondary N) is 2. The number of thiophene rings is 1. The fourth-order valence-electron chi connectivity index (χ4n) is 2.08. The molecular formula is C16H28N2O2S. The van der Waals surface area contributed by atoms with Crippen LogP contribution in [0.3, 0.4) is 0 Å². The molecule has 4 nitrogen and oxygen atoms in total. The zero-order chi connectivity index (χ0) is 15.9. The molecule has 120 valence electrons. The average molecular weight is 312 g/mol. The molecule has 0 bridgehead atoms. The molecule has 0 spiro atoms. The topological polar surface area (TPSA) is 50.4 Å². The number of alkyl carbamates (subject to hydrolysis) is 1. The van der Waals surface area contributed by atoms with Gasteiger partial charge in [0.1, 0.15) is 5.60 Å². The smallest absolute Gasteiger partial charge is 0.407 e. The van der Waals surface area contributed by atoms with Gasteiger partial charge in [0.05, 0.1) is 0 Å². The van der Waals surface area contributed by atoms with Gasteiger partial charge in [-0.2, -0.15) is 11.3 Å². The molecule has 0 aliphatic rings. The van der Waals surface area contributed by atoms with Gasteiger partial charge < -0.3 is 15.4 Å². The summed E-state index contributed by atoms with van der Waals surface area (Å²) in [6.07, 6.45) is 1.74. The maximum absolute atomic E-state index is 11.7. The van der Waals surface area contributed by atoms with Gasteiger partial charge in [-0.15, -0.1) is 0 Å². The Bertz CT molecular complexity index is 412. The van der Waals surface area contributed by atoms with E-state index in [2.05, 4.69) is 41.3 Å². The molecule has 0 radical (unpaired) electrons. The van der Waals surface area contributed by atoms with Crippen molar-refractivity contribution in [3.63, 3.8) is 0 Å². The first-order valence-corrected chi connectivity index (χ1v) is 8.51. The highest BCUT2D eigenvalue weighted by molar-refractivity contribution is 7.07. The second kappa shape index (κ2) is 8.39. The highest BCUT2D eigenvalue weighted by Gasteiger charge is 2.18. The lowest BCUT2D eigenvalue weighted by Gasteiger charge is -2.25. The van der Waals surface area contributed by atoms with Crippen molar-refractivity contribution in [3.05, 3.63) is 22.4 Å². The molecule has 2 atom stereocenters. The molecule has 0 aromatic carbocycles. The van der Waals surface area contributed by atoms with E-state index in [0.717, 1.165) is 12.8 Å². The predicted octanol–water partition coefficient (Wildman–Crippen LogP) is 4.09. The maximum atomic E-state index is 11.7. The molecule has 1 amide bonds. The Kier molecular flexibility index (Phi) is 7.18. The average Bonchev–Trinajstić information content (AvgIpc) is 2.88. The molecule has 0 aliphatic carbocycles. The van der Waals surface area contributed by atoms with Crippen LogP contribution in [0.5, 0.6) is 0 Å². The van der Waals surface area contributed by atoms with Crippen LogP contribution in [0.25, 0.3) is 0 Å². The van der Waals surface area contributed by atoms with Crippen molar-refractivity contribution in [1.82, 2.24) is 10.6 Å². The number of amides is 1. The Labute approximate surface area is 132 Å². The van der Waals surface area contributed by atoms with E-state index in [1.54, 1.807) is 11.3 Å². The number of hydrogen-bond donors (Lipinski definition) is 2. The minimum Gasteiger partial charge on any atom is -0.444 e. The van der Waals surface area contributed by atoms with Crippen molar-refractivity contribution < 1.29 is 9.53 Å². The van der Waals surface area contributed by atoms with E-state index in [4.69, 9.17) is 4.74 Å². The van der Waals surface area contributed by atoms with E-state index in [1.165, 1.54) is 5.56 Å². The van der Waals surface area contributed by atoms with E-state index in [1.807, 2.05) is 20.8 Å². The first-order valence-electron chi connectivity index (χ1n) is 7.56. The van der Waals surface area contributed by atoms with Gasteiger partial charge in [0.15, 0.2) is 0 Å². The number of ether oxygens (including phenoxy) is 1.